The fourth-order valence-corrected chi connectivity index (χ4v) is 1.57. The quantitative estimate of drug-likeness (QED) is 0.762. The van der Waals surface area contributed by atoms with Crippen LogP contribution in [-0.4, -0.2) is 28.0 Å². The molecule has 2 heterocycles. The van der Waals surface area contributed by atoms with Gasteiger partial charge in [-0.1, -0.05) is 0 Å². The van der Waals surface area contributed by atoms with Gasteiger partial charge in [0.25, 0.3) is 0 Å². The molecule has 0 saturated carbocycles. The average Bonchev–Trinajstić information content (AvgIpc) is 2.42. The molecule has 0 aliphatic carbocycles. The van der Waals surface area contributed by atoms with Crippen molar-refractivity contribution in [1.29, 1.82) is 0 Å². The molecule has 2 rings (SSSR count). The van der Waals surface area contributed by atoms with Gasteiger partial charge in [0.2, 0.25) is 0 Å². The molecule has 0 bridgehead atoms. The Labute approximate surface area is 88.0 Å². The molecule has 4 nitrogen and oxygen atoms in total. The lowest BCUT2D eigenvalue weighted by atomic mass is 10.1. The standard InChI is InChI=1S/C9H10N2O2.ClH/c1-11-4-6-2-8(9(12)13)10-3-7(6)5-11;/h2-3H,4-5H2,1H3,(H,12,13);1H. The first-order valence-corrected chi connectivity index (χ1v) is 4.06. The van der Waals surface area contributed by atoms with Crippen LogP contribution in [0, 0.1) is 0 Å². The Morgan fingerprint density at radius 2 is 2.14 bits per heavy atom. The molecule has 0 unspecified atom stereocenters. The summed E-state index contributed by atoms with van der Waals surface area (Å²) in [6.45, 7) is 1.68. The molecule has 1 aliphatic heterocycles. The van der Waals surface area contributed by atoms with Crippen molar-refractivity contribution in [3.63, 3.8) is 0 Å². The normalized spacial score (nSPS) is 14.6. The minimum atomic E-state index is -0.961. The summed E-state index contributed by atoms with van der Waals surface area (Å²) in [7, 11) is 2.00. The van der Waals surface area contributed by atoms with Gasteiger partial charge in [-0.05, 0) is 24.2 Å². The average molecular weight is 215 g/mol. The smallest absolute Gasteiger partial charge is 0.354 e. The van der Waals surface area contributed by atoms with E-state index in [1.54, 1.807) is 12.3 Å². The number of carboxylic acids is 1. The molecule has 14 heavy (non-hydrogen) atoms. The highest BCUT2D eigenvalue weighted by Crippen LogP contribution is 2.20. The molecule has 1 aromatic heterocycles. The molecule has 1 aromatic rings. The van der Waals surface area contributed by atoms with Crippen LogP contribution in [-0.2, 0) is 13.1 Å². The van der Waals surface area contributed by atoms with Crippen molar-refractivity contribution in [2.45, 2.75) is 13.1 Å². The number of rotatable bonds is 1. The van der Waals surface area contributed by atoms with Gasteiger partial charge in [0.15, 0.2) is 0 Å². The Morgan fingerprint density at radius 3 is 2.79 bits per heavy atom. The third kappa shape index (κ3) is 1.86. The minimum Gasteiger partial charge on any atom is -0.477 e. The number of pyridine rings is 1. The molecule has 0 aromatic carbocycles. The van der Waals surface area contributed by atoms with Crippen molar-refractivity contribution in [1.82, 2.24) is 9.88 Å². The van der Waals surface area contributed by atoms with E-state index in [9.17, 15) is 4.79 Å². The van der Waals surface area contributed by atoms with E-state index in [2.05, 4.69) is 9.88 Å². The molecule has 0 atom stereocenters. The molecule has 0 fully saturated rings. The number of nitrogens with zero attached hydrogens (tertiary/aromatic N) is 2. The van der Waals surface area contributed by atoms with Crippen LogP contribution < -0.4 is 0 Å². The monoisotopic (exact) mass is 214 g/mol. The number of carbonyl (C=O) groups is 1. The van der Waals surface area contributed by atoms with Gasteiger partial charge in [-0.2, -0.15) is 0 Å². The molecular weight excluding hydrogens is 204 g/mol. The summed E-state index contributed by atoms with van der Waals surface area (Å²) in [5.41, 5.74) is 2.34. The van der Waals surface area contributed by atoms with E-state index >= 15 is 0 Å². The molecule has 5 heteroatoms. The van der Waals surface area contributed by atoms with Gasteiger partial charge in [0, 0.05) is 19.3 Å². The van der Waals surface area contributed by atoms with Crippen LogP contribution >= 0.6 is 12.4 Å². The second-order valence-corrected chi connectivity index (χ2v) is 3.32. The first-order valence-electron chi connectivity index (χ1n) is 4.06. The number of halogens is 1. The van der Waals surface area contributed by atoms with E-state index in [1.807, 2.05) is 7.05 Å². The van der Waals surface area contributed by atoms with Crippen LogP contribution in [0.1, 0.15) is 21.6 Å². The molecule has 0 radical (unpaired) electrons. The van der Waals surface area contributed by atoms with Crippen molar-refractivity contribution in [2.75, 3.05) is 7.05 Å². The van der Waals surface area contributed by atoms with Crippen molar-refractivity contribution in [3.8, 4) is 0 Å². The molecule has 76 valence electrons. The van der Waals surface area contributed by atoms with E-state index in [4.69, 9.17) is 5.11 Å². The minimum absolute atomic E-state index is 0. The molecular formula is C9H11ClN2O2. The second-order valence-electron chi connectivity index (χ2n) is 3.32. The summed E-state index contributed by atoms with van der Waals surface area (Å²) >= 11 is 0. The number of hydrogen-bond donors (Lipinski definition) is 1. The Bertz CT molecular complexity index is 368. The van der Waals surface area contributed by atoms with Crippen LogP contribution in [0.2, 0.25) is 0 Å². The van der Waals surface area contributed by atoms with Crippen LogP contribution in [0.5, 0.6) is 0 Å². The Hall–Kier alpha value is -1.13. The first-order chi connectivity index (χ1) is 6.16. The van der Waals surface area contributed by atoms with Crippen LogP contribution in [0.25, 0.3) is 0 Å². The van der Waals surface area contributed by atoms with Crippen LogP contribution in [0.3, 0.4) is 0 Å². The summed E-state index contributed by atoms with van der Waals surface area (Å²) in [6, 6.07) is 1.65. The van der Waals surface area contributed by atoms with E-state index < -0.39 is 5.97 Å². The maximum absolute atomic E-state index is 10.6. The fourth-order valence-electron chi connectivity index (χ4n) is 1.57. The van der Waals surface area contributed by atoms with E-state index in [0.29, 0.717) is 0 Å². The highest BCUT2D eigenvalue weighted by Gasteiger charge is 2.17. The number of fused-ring (bicyclic) bond motifs is 1. The lowest BCUT2D eigenvalue weighted by Gasteiger charge is -2.02. The number of aromatic carboxylic acids is 1. The third-order valence-electron chi connectivity index (χ3n) is 2.18. The van der Waals surface area contributed by atoms with Crippen molar-refractivity contribution >= 4 is 18.4 Å². The predicted molar refractivity (Wildman–Crippen MR) is 53.6 cm³/mol. The van der Waals surface area contributed by atoms with E-state index in [0.717, 1.165) is 24.2 Å². The summed E-state index contributed by atoms with van der Waals surface area (Å²) in [6.07, 6.45) is 1.66. The molecule has 0 amide bonds. The zero-order valence-electron chi connectivity index (χ0n) is 7.73. The van der Waals surface area contributed by atoms with E-state index in [-0.39, 0.29) is 18.1 Å². The Balaban J connectivity index is 0.000000980. The maximum atomic E-state index is 10.6. The van der Waals surface area contributed by atoms with Crippen LogP contribution in [0.15, 0.2) is 12.3 Å². The van der Waals surface area contributed by atoms with E-state index in [1.165, 1.54) is 0 Å². The SMILES string of the molecule is CN1Cc2cnc(C(=O)O)cc2C1.Cl. The number of carboxylic acid groups (broad SMARTS) is 1. The molecule has 0 saturated heterocycles. The first kappa shape index (κ1) is 10.9. The summed E-state index contributed by atoms with van der Waals surface area (Å²) in [5.74, 6) is -0.961. The number of aromatic nitrogens is 1. The lowest BCUT2D eigenvalue weighted by Crippen LogP contribution is -2.07. The lowest BCUT2D eigenvalue weighted by molar-refractivity contribution is 0.0690. The zero-order valence-corrected chi connectivity index (χ0v) is 8.54. The van der Waals surface area contributed by atoms with Crippen molar-refractivity contribution in [2.24, 2.45) is 0 Å². The Kier molecular flexibility index (Phi) is 3.08. The molecule has 1 N–H and O–H groups in total. The third-order valence-corrected chi connectivity index (χ3v) is 2.18. The van der Waals surface area contributed by atoms with Gasteiger partial charge >= 0.3 is 5.97 Å². The van der Waals surface area contributed by atoms with Gasteiger partial charge < -0.3 is 5.11 Å². The second kappa shape index (κ2) is 3.94. The summed E-state index contributed by atoms with van der Waals surface area (Å²) in [4.78, 5) is 16.6. The van der Waals surface area contributed by atoms with Crippen molar-refractivity contribution < 1.29 is 9.90 Å². The Morgan fingerprint density at radius 1 is 1.50 bits per heavy atom. The van der Waals surface area contributed by atoms with Crippen LogP contribution in [0.4, 0.5) is 0 Å². The summed E-state index contributed by atoms with van der Waals surface area (Å²) < 4.78 is 0. The topological polar surface area (TPSA) is 53.4 Å². The fraction of sp³-hybridized carbons (Fsp3) is 0.333. The molecule has 0 spiro atoms. The molecule has 1 aliphatic rings. The van der Waals surface area contributed by atoms with Gasteiger partial charge in [0.05, 0.1) is 0 Å². The van der Waals surface area contributed by atoms with Gasteiger partial charge in [0.1, 0.15) is 5.69 Å². The highest BCUT2D eigenvalue weighted by molar-refractivity contribution is 5.85. The number of hydrogen-bond acceptors (Lipinski definition) is 3. The zero-order chi connectivity index (χ0) is 9.42. The summed E-state index contributed by atoms with van der Waals surface area (Å²) in [5, 5.41) is 8.71. The maximum Gasteiger partial charge on any atom is 0.354 e. The highest BCUT2D eigenvalue weighted by atomic mass is 35.5. The predicted octanol–water partition coefficient (Wildman–Crippen LogP) is 1.15. The van der Waals surface area contributed by atoms with Crippen molar-refractivity contribution in [3.05, 3.63) is 29.1 Å². The van der Waals surface area contributed by atoms with Gasteiger partial charge in [-0.15, -0.1) is 12.4 Å². The largest absolute Gasteiger partial charge is 0.477 e. The van der Waals surface area contributed by atoms with Gasteiger partial charge in [-0.25, -0.2) is 9.78 Å². The van der Waals surface area contributed by atoms with Gasteiger partial charge in [-0.3, -0.25) is 4.90 Å².